The second-order valence-corrected chi connectivity index (χ2v) is 7.16. The maximum Gasteiger partial charge on any atom is 0.300 e. The number of rotatable bonds is 4. The largest absolute Gasteiger partial charge is 0.481 e. The minimum absolute atomic E-state index is 0.119. The Hall–Kier alpha value is -2.16. The smallest absolute Gasteiger partial charge is 0.300 e. The van der Waals surface area contributed by atoms with Crippen LogP contribution in [0.5, 0.6) is 0 Å². The van der Waals surface area contributed by atoms with Gasteiger partial charge in [-0.1, -0.05) is 29.8 Å². The number of nitrogens with one attached hydrogen (secondary N) is 3. The fraction of sp³-hybridized carbons (Fsp3) is 0.526. The molecule has 28 heavy (non-hydrogen) atoms. The third-order valence-corrected chi connectivity index (χ3v) is 4.88. The Kier molecular flexibility index (Phi) is 8.69. The zero-order valence-electron chi connectivity index (χ0n) is 15.7. The van der Waals surface area contributed by atoms with Crippen molar-refractivity contribution in [1.29, 1.82) is 0 Å². The Balaban J connectivity index is 0.000000640. The number of aliphatic carboxylic acids is 1. The van der Waals surface area contributed by atoms with Crippen LogP contribution in [0.3, 0.4) is 0 Å². The molecule has 2 aliphatic rings. The molecule has 2 saturated heterocycles. The molecule has 0 bridgehead atoms. The summed E-state index contributed by atoms with van der Waals surface area (Å²) in [6.07, 6.45) is 1.33. The van der Waals surface area contributed by atoms with E-state index in [4.69, 9.17) is 26.2 Å². The van der Waals surface area contributed by atoms with Crippen molar-refractivity contribution in [2.45, 2.75) is 31.9 Å². The lowest BCUT2D eigenvalue weighted by Gasteiger charge is -2.32. The first-order valence-corrected chi connectivity index (χ1v) is 9.59. The zero-order valence-corrected chi connectivity index (χ0v) is 16.5. The summed E-state index contributed by atoms with van der Waals surface area (Å²) in [5, 5.41) is 17.0. The quantitative estimate of drug-likeness (QED) is 0.589. The summed E-state index contributed by atoms with van der Waals surface area (Å²) in [6, 6.07) is 6.60. The first kappa shape index (κ1) is 22.1. The van der Waals surface area contributed by atoms with Gasteiger partial charge in [0.05, 0.1) is 6.04 Å². The molecule has 2 amide bonds. The van der Waals surface area contributed by atoms with E-state index in [0.717, 1.165) is 32.9 Å². The Bertz CT molecular complexity index is 690. The molecule has 1 aromatic carbocycles. The molecule has 0 unspecified atom stereocenters. The van der Waals surface area contributed by atoms with Crippen molar-refractivity contribution < 1.29 is 24.2 Å². The second-order valence-electron chi connectivity index (χ2n) is 6.76. The highest BCUT2D eigenvalue weighted by atomic mass is 35.5. The Morgan fingerprint density at radius 3 is 2.57 bits per heavy atom. The Morgan fingerprint density at radius 1 is 1.29 bits per heavy atom. The van der Waals surface area contributed by atoms with E-state index in [1.807, 2.05) is 12.1 Å². The molecule has 2 fully saturated rings. The van der Waals surface area contributed by atoms with Crippen molar-refractivity contribution in [3.05, 3.63) is 34.9 Å². The molecular formula is C19H26ClN3O5. The first-order chi connectivity index (χ1) is 13.4. The number of halogens is 1. The van der Waals surface area contributed by atoms with Gasteiger partial charge in [-0.2, -0.15) is 0 Å². The number of carboxylic acids is 1. The van der Waals surface area contributed by atoms with Gasteiger partial charge in [0, 0.05) is 18.5 Å². The average Bonchev–Trinajstić information content (AvgIpc) is 2.67. The fourth-order valence-corrected chi connectivity index (χ4v) is 3.43. The van der Waals surface area contributed by atoms with Crippen LogP contribution in [0.15, 0.2) is 24.3 Å². The summed E-state index contributed by atoms with van der Waals surface area (Å²) in [7, 11) is 0. The van der Waals surface area contributed by atoms with Gasteiger partial charge in [0.15, 0.2) is 6.10 Å². The molecule has 0 saturated carbocycles. The number of carboxylic acid groups (broad SMARTS) is 1. The number of piperidine rings is 1. The van der Waals surface area contributed by atoms with Crippen molar-refractivity contribution in [3.8, 4) is 0 Å². The molecule has 2 heterocycles. The molecular weight excluding hydrogens is 386 g/mol. The summed E-state index contributed by atoms with van der Waals surface area (Å²) in [6.45, 7) is 3.56. The molecule has 4 N–H and O–H groups in total. The fourth-order valence-electron chi connectivity index (χ4n) is 3.18. The minimum Gasteiger partial charge on any atom is -0.481 e. The lowest BCUT2D eigenvalue weighted by Crippen LogP contribution is -2.53. The van der Waals surface area contributed by atoms with Gasteiger partial charge in [-0.3, -0.25) is 14.4 Å². The van der Waals surface area contributed by atoms with Crippen LogP contribution < -0.4 is 16.0 Å². The molecule has 0 radical (unpaired) electrons. The Labute approximate surface area is 169 Å². The summed E-state index contributed by atoms with van der Waals surface area (Å²) in [5.41, 5.74) is 0.689. The van der Waals surface area contributed by atoms with Crippen molar-refractivity contribution in [2.24, 2.45) is 5.92 Å². The highest BCUT2D eigenvalue weighted by Gasteiger charge is 2.37. The normalized spacial score (nSPS) is 22.4. The van der Waals surface area contributed by atoms with Crippen molar-refractivity contribution in [3.63, 3.8) is 0 Å². The Morgan fingerprint density at radius 2 is 1.93 bits per heavy atom. The monoisotopic (exact) mass is 411 g/mol. The first-order valence-electron chi connectivity index (χ1n) is 9.22. The summed E-state index contributed by atoms with van der Waals surface area (Å²) >= 11 is 6.23. The molecule has 0 aromatic heterocycles. The van der Waals surface area contributed by atoms with Crippen LogP contribution in [-0.2, 0) is 19.1 Å². The average molecular weight is 412 g/mol. The number of benzene rings is 1. The second kappa shape index (κ2) is 11.0. The maximum atomic E-state index is 12.6. The van der Waals surface area contributed by atoms with Crippen LogP contribution in [0.2, 0.25) is 5.02 Å². The third kappa shape index (κ3) is 6.78. The van der Waals surface area contributed by atoms with E-state index >= 15 is 0 Å². The van der Waals surface area contributed by atoms with E-state index in [9.17, 15) is 9.59 Å². The van der Waals surface area contributed by atoms with Gasteiger partial charge in [0.25, 0.3) is 11.9 Å². The molecule has 3 rings (SSSR count). The molecule has 0 aliphatic carbocycles. The van der Waals surface area contributed by atoms with E-state index in [-0.39, 0.29) is 18.4 Å². The van der Waals surface area contributed by atoms with Crippen LogP contribution in [0.25, 0.3) is 0 Å². The van der Waals surface area contributed by atoms with Gasteiger partial charge in [-0.05, 0) is 43.5 Å². The van der Waals surface area contributed by atoms with Crippen molar-refractivity contribution in [2.75, 3.05) is 26.2 Å². The zero-order chi connectivity index (χ0) is 20.5. The van der Waals surface area contributed by atoms with Gasteiger partial charge in [0.1, 0.15) is 6.61 Å². The van der Waals surface area contributed by atoms with Crippen LogP contribution in [0.1, 0.15) is 31.4 Å². The minimum atomic E-state index is -0.833. The number of hydrogen-bond donors (Lipinski definition) is 4. The molecule has 2 aliphatic heterocycles. The van der Waals surface area contributed by atoms with Gasteiger partial charge in [-0.15, -0.1) is 0 Å². The maximum absolute atomic E-state index is 12.6. The number of carbonyl (C=O) groups excluding carboxylic acids is 2. The number of carbonyl (C=O) groups is 3. The topological polar surface area (TPSA) is 117 Å². The number of morpholine rings is 1. The summed E-state index contributed by atoms with van der Waals surface area (Å²) in [4.78, 5) is 33.3. The molecule has 2 atom stereocenters. The number of amides is 2. The van der Waals surface area contributed by atoms with Crippen LogP contribution in [0, 0.1) is 5.92 Å². The highest BCUT2D eigenvalue weighted by molar-refractivity contribution is 6.31. The molecule has 9 heteroatoms. The SMILES string of the molecule is CC(=O)O.O=C1CO[C@H](C(=O)NCC2CCNCC2)[C@@H](c2ccccc2Cl)N1. The van der Waals surface area contributed by atoms with Gasteiger partial charge in [0.2, 0.25) is 5.91 Å². The summed E-state index contributed by atoms with van der Waals surface area (Å²) < 4.78 is 5.52. The van der Waals surface area contributed by atoms with Crippen LogP contribution >= 0.6 is 11.6 Å². The molecule has 8 nitrogen and oxygen atoms in total. The number of ether oxygens (including phenoxy) is 1. The molecule has 154 valence electrons. The van der Waals surface area contributed by atoms with E-state index < -0.39 is 18.1 Å². The highest BCUT2D eigenvalue weighted by Crippen LogP contribution is 2.28. The van der Waals surface area contributed by atoms with E-state index in [2.05, 4.69) is 16.0 Å². The van der Waals surface area contributed by atoms with Gasteiger partial charge >= 0.3 is 0 Å². The van der Waals surface area contributed by atoms with Gasteiger partial charge < -0.3 is 25.8 Å². The van der Waals surface area contributed by atoms with Crippen molar-refractivity contribution >= 4 is 29.4 Å². The summed E-state index contributed by atoms with van der Waals surface area (Å²) in [5.74, 6) is -0.812. The van der Waals surface area contributed by atoms with Gasteiger partial charge in [-0.25, -0.2) is 0 Å². The van der Waals surface area contributed by atoms with Crippen LogP contribution in [-0.4, -0.2) is 55.2 Å². The lowest BCUT2D eigenvalue weighted by molar-refractivity contribution is -0.148. The predicted octanol–water partition coefficient (Wildman–Crippen LogP) is 1.10. The van der Waals surface area contributed by atoms with E-state index in [1.54, 1.807) is 12.1 Å². The van der Waals surface area contributed by atoms with E-state index in [0.29, 0.717) is 23.0 Å². The third-order valence-electron chi connectivity index (χ3n) is 4.54. The molecule has 1 aromatic rings. The molecule has 0 spiro atoms. The number of hydrogen-bond acceptors (Lipinski definition) is 5. The predicted molar refractivity (Wildman–Crippen MR) is 104 cm³/mol. The standard InChI is InChI=1S/C17H22ClN3O3.C2H4O2/c18-13-4-2-1-3-12(13)15-16(24-10-14(22)21-15)17(23)20-9-11-5-7-19-8-6-11;1-2(3)4/h1-4,11,15-16,19H,5-10H2,(H,20,23)(H,21,22);1H3,(H,3,4)/t15-,16+;/m1./s1. The van der Waals surface area contributed by atoms with E-state index in [1.165, 1.54) is 0 Å². The van der Waals surface area contributed by atoms with Crippen LogP contribution in [0.4, 0.5) is 0 Å². The van der Waals surface area contributed by atoms with Crippen molar-refractivity contribution in [1.82, 2.24) is 16.0 Å². The lowest BCUT2D eigenvalue weighted by atomic mass is 9.96.